The van der Waals surface area contributed by atoms with E-state index in [2.05, 4.69) is 25.0 Å². The highest BCUT2D eigenvalue weighted by Gasteiger charge is 2.48. The van der Waals surface area contributed by atoms with Gasteiger partial charge in [-0.3, -0.25) is 0 Å². The number of pyridine rings is 1. The van der Waals surface area contributed by atoms with Crippen molar-refractivity contribution in [3.8, 4) is 11.8 Å². The number of nitrogens with zero attached hydrogens (tertiary/aromatic N) is 2. The minimum atomic E-state index is -2.88. The highest BCUT2D eigenvalue weighted by Crippen LogP contribution is 2.39. The number of nitrogens with one attached hydrogen (secondary N) is 2. The van der Waals surface area contributed by atoms with Crippen LogP contribution in [0.1, 0.15) is 23.6 Å². The maximum atomic E-state index is 15.0. The molecule has 1 aromatic carbocycles. The van der Waals surface area contributed by atoms with Crippen LogP contribution in [0.15, 0.2) is 18.2 Å². The van der Waals surface area contributed by atoms with Gasteiger partial charge in [0.25, 0.3) is 6.01 Å². The monoisotopic (exact) mass is 556 g/mol. The van der Waals surface area contributed by atoms with Crippen molar-refractivity contribution >= 4 is 28.6 Å². The predicted octanol–water partition coefficient (Wildman–Crippen LogP) is 3.37. The summed E-state index contributed by atoms with van der Waals surface area (Å²) in [5, 5.41) is 13.4. The molecule has 2 aromatic heterocycles. The van der Waals surface area contributed by atoms with Crippen LogP contribution in [-0.4, -0.2) is 77.5 Å². The zero-order valence-corrected chi connectivity index (χ0v) is 20.6. The molecule has 204 valence electrons. The number of hydrogen-bond acceptors (Lipinski definition) is 9. The van der Waals surface area contributed by atoms with Gasteiger partial charge in [0.1, 0.15) is 42.3 Å². The third-order valence-electron chi connectivity index (χ3n) is 6.80. The lowest BCUT2D eigenvalue weighted by Gasteiger charge is -2.17. The number of rotatable bonds is 9. The first-order chi connectivity index (χ1) is 18.4. The molecule has 4 heterocycles. The van der Waals surface area contributed by atoms with Crippen LogP contribution in [0.3, 0.4) is 0 Å². The standard InChI is InChI=1S/C24H24ClF3N4O6/c25-12-7-15-22(32-24(30-15)38-17-9-37-19-16(33)8-36-20(17)19)31-21(12)29-14-2-1-10-5-11(6-13(26)18(10)14)34-3-4-35-23(27)28/h5-7,14,16-17,19-20,23,33H,1-4,8-9H2,(H2,29,30,31,32)/t14?,16-,17-,19?,20?/m1/s1. The second-order valence-corrected chi connectivity index (χ2v) is 9.65. The molecule has 0 saturated carbocycles. The topological polar surface area (TPSA) is 120 Å². The molecule has 2 saturated heterocycles. The van der Waals surface area contributed by atoms with Gasteiger partial charge in [-0.25, -0.2) is 9.37 Å². The summed E-state index contributed by atoms with van der Waals surface area (Å²) in [7, 11) is 0. The number of fused-ring (bicyclic) bond motifs is 3. The number of imidazole rings is 1. The van der Waals surface area contributed by atoms with Crippen molar-refractivity contribution in [1.82, 2.24) is 15.0 Å². The molecule has 5 atom stereocenters. The Bertz CT molecular complexity index is 1330. The van der Waals surface area contributed by atoms with E-state index in [0.717, 1.165) is 5.56 Å². The molecule has 10 nitrogen and oxygen atoms in total. The maximum absolute atomic E-state index is 15.0. The fourth-order valence-electron chi connectivity index (χ4n) is 5.12. The maximum Gasteiger partial charge on any atom is 0.345 e. The van der Waals surface area contributed by atoms with E-state index in [4.69, 9.17) is 30.5 Å². The first kappa shape index (κ1) is 25.4. The average Bonchev–Trinajstić information content (AvgIpc) is 3.64. The van der Waals surface area contributed by atoms with Crippen molar-refractivity contribution < 1.29 is 42.0 Å². The van der Waals surface area contributed by atoms with Crippen LogP contribution >= 0.6 is 11.6 Å². The van der Waals surface area contributed by atoms with Gasteiger partial charge < -0.3 is 39.1 Å². The van der Waals surface area contributed by atoms with E-state index in [-0.39, 0.29) is 44.3 Å². The lowest BCUT2D eigenvalue weighted by molar-refractivity contribution is -0.133. The number of aromatic amines is 1. The molecule has 2 aliphatic heterocycles. The minimum absolute atomic E-state index is 0.122. The number of aromatic nitrogens is 3. The largest absolute Gasteiger partial charge is 0.491 e. The van der Waals surface area contributed by atoms with Crippen molar-refractivity contribution in [2.24, 2.45) is 0 Å². The lowest BCUT2D eigenvalue weighted by atomic mass is 10.1. The van der Waals surface area contributed by atoms with Gasteiger partial charge in [-0.1, -0.05) is 11.6 Å². The Morgan fingerprint density at radius 1 is 1.16 bits per heavy atom. The Balaban J connectivity index is 1.14. The van der Waals surface area contributed by atoms with Gasteiger partial charge in [-0.05, 0) is 30.5 Å². The first-order valence-electron chi connectivity index (χ1n) is 12.1. The van der Waals surface area contributed by atoms with E-state index in [0.29, 0.717) is 40.4 Å². The molecule has 3 aliphatic rings. The Kier molecular flexibility index (Phi) is 6.95. The summed E-state index contributed by atoms with van der Waals surface area (Å²) in [5.41, 5.74) is 2.12. The number of alkyl halides is 2. The molecule has 3 aromatic rings. The van der Waals surface area contributed by atoms with E-state index >= 15 is 4.39 Å². The van der Waals surface area contributed by atoms with E-state index in [1.165, 1.54) is 6.07 Å². The highest BCUT2D eigenvalue weighted by molar-refractivity contribution is 6.33. The number of aryl methyl sites for hydroxylation is 1. The van der Waals surface area contributed by atoms with Crippen molar-refractivity contribution in [3.05, 3.63) is 40.2 Å². The fraction of sp³-hybridized carbons (Fsp3) is 0.500. The highest BCUT2D eigenvalue weighted by atomic mass is 35.5. The van der Waals surface area contributed by atoms with E-state index in [1.54, 1.807) is 12.1 Å². The quantitative estimate of drug-likeness (QED) is 0.341. The van der Waals surface area contributed by atoms with Gasteiger partial charge >= 0.3 is 6.61 Å². The van der Waals surface area contributed by atoms with Crippen molar-refractivity contribution in [2.45, 2.75) is 49.9 Å². The van der Waals surface area contributed by atoms with Gasteiger partial charge in [-0.15, -0.1) is 0 Å². The Morgan fingerprint density at radius 3 is 2.84 bits per heavy atom. The molecule has 0 bridgehead atoms. The van der Waals surface area contributed by atoms with Crippen LogP contribution in [0.5, 0.6) is 11.8 Å². The normalized spacial score (nSPS) is 26.2. The summed E-state index contributed by atoms with van der Waals surface area (Å²) in [6.07, 6.45) is -0.765. The summed E-state index contributed by atoms with van der Waals surface area (Å²) in [4.78, 5) is 11.9. The summed E-state index contributed by atoms with van der Waals surface area (Å²) >= 11 is 6.48. The predicted molar refractivity (Wildman–Crippen MR) is 127 cm³/mol. The van der Waals surface area contributed by atoms with Crippen LogP contribution in [0.4, 0.5) is 19.0 Å². The van der Waals surface area contributed by atoms with Crippen LogP contribution in [0.25, 0.3) is 11.2 Å². The number of hydrogen-bond donors (Lipinski definition) is 3. The summed E-state index contributed by atoms with van der Waals surface area (Å²) in [6, 6.07) is 4.39. The van der Waals surface area contributed by atoms with Crippen molar-refractivity contribution in [1.29, 1.82) is 0 Å². The zero-order valence-electron chi connectivity index (χ0n) is 19.8. The zero-order chi connectivity index (χ0) is 26.4. The average molecular weight is 557 g/mol. The Morgan fingerprint density at radius 2 is 2.00 bits per heavy atom. The molecule has 1 aliphatic carbocycles. The van der Waals surface area contributed by atoms with Crippen LogP contribution < -0.4 is 14.8 Å². The molecule has 0 spiro atoms. The van der Waals surface area contributed by atoms with Gasteiger partial charge in [0.15, 0.2) is 11.8 Å². The molecule has 0 radical (unpaired) electrons. The number of halogens is 4. The van der Waals surface area contributed by atoms with Gasteiger partial charge in [0.05, 0.1) is 36.4 Å². The van der Waals surface area contributed by atoms with Gasteiger partial charge in [-0.2, -0.15) is 13.8 Å². The second kappa shape index (κ2) is 10.4. The lowest BCUT2D eigenvalue weighted by Crippen LogP contribution is -2.34. The summed E-state index contributed by atoms with van der Waals surface area (Å²) in [6.45, 7) is -2.86. The molecule has 0 amide bonds. The molecular formula is C24H24ClF3N4O6. The second-order valence-electron chi connectivity index (χ2n) is 9.24. The number of H-pyrrole nitrogens is 1. The summed E-state index contributed by atoms with van der Waals surface area (Å²) in [5.74, 6) is 0.106. The third-order valence-corrected chi connectivity index (χ3v) is 7.08. The van der Waals surface area contributed by atoms with Crippen LogP contribution in [-0.2, 0) is 20.6 Å². The Hall–Kier alpha value is -2.84. The molecule has 38 heavy (non-hydrogen) atoms. The Labute approximate surface area is 219 Å². The van der Waals surface area contributed by atoms with E-state index in [1.807, 2.05) is 0 Å². The number of benzene rings is 1. The third kappa shape index (κ3) is 4.96. The summed E-state index contributed by atoms with van der Waals surface area (Å²) < 4.78 is 65.8. The van der Waals surface area contributed by atoms with Crippen molar-refractivity contribution in [2.75, 3.05) is 31.7 Å². The number of ether oxygens (including phenoxy) is 5. The molecule has 3 unspecified atom stereocenters. The minimum Gasteiger partial charge on any atom is -0.491 e. The number of aliphatic hydroxyl groups excluding tert-OH is 1. The molecule has 14 heteroatoms. The molecule has 2 fully saturated rings. The number of anilines is 1. The molecule has 3 N–H and O–H groups in total. The van der Waals surface area contributed by atoms with Crippen LogP contribution in [0, 0.1) is 5.82 Å². The first-order valence-corrected chi connectivity index (χ1v) is 12.5. The molecular weight excluding hydrogens is 533 g/mol. The van der Waals surface area contributed by atoms with Crippen molar-refractivity contribution in [3.63, 3.8) is 0 Å². The fourth-order valence-corrected chi connectivity index (χ4v) is 5.32. The number of aliphatic hydroxyl groups is 1. The smallest absolute Gasteiger partial charge is 0.345 e. The van der Waals surface area contributed by atoms with Gasteiger partial charge in [0.2, 0.25) is 0 Å². The SMILES string of the molecule is O[C@@H]1COC2C1OC[C@H]2Oc1nc2nc(NC3CCc4cc(OCCOC(F)F)cc(F)c43)c(Cl)cc2[nH]1. The van der Waals surface area contributed by atoms with E-state index in [9.17, 15) is 13.9 Å². The van der Waals surface area contributed by atoms with E-state index < -0.39 is 36.8 Å². The molecule has 6 rings (SSSR count). The van der Waals surface area contributed by atoms with Crippen LogP contribution in [0.2, 0.25) is 5.02 Å². The van der Waals surface area contributed by atoms with Gasteiger partial charge in [0, 0.05) is 11.6 Å².